The molecule has 8 nitrogen and oxygen atoms in total. The minimum absolute atomic E-state index is 0.0405. The van der Waals surface area contributed by atoms with Gasteiger partial charge < -0.3 is 5.32 Å². The van der Waals surface area contributed by atoms with Gasteiger partial charge in [0.15, 0.2) is 0 Å². The van der Waals surface area contributed by atoms with Crippen molar-refractivity contribution in [1.82, 2.24) is 14.5 Å². The summed E-state index contributed by atoms with van der Waals surface area (Å²) in [5.41, 5.74) is 2.33. The minimum Gasteiger partial charge on any atom is -0.348 e. The first-order valence-corrected chi connectivity index (χ1v) is 12.0. The van der Waals surface area contributed by atoms with Crippen LogP contribution in [-0.2, 0) is 23.1 Å². The van der Waals surface area contributed by atoms with E-state index in [-0.39, 0.29) is 35.7 Å². The van der Waals surface area contributed by atoms with Crippen LogP contribution < -0.4 is 5.32 Å². The van der Waals surface area contributed by atoms with E-state index in [0.717, 1.165) is 4.31 Å². The van der Waals surface area contributed by atoms with Crippen molar-refractivity contribution in [3.63, 3.8) is 0 Å². The van der Waals surface area contributed by atoms with E-state index in [1.807, 2.05) is 0 Å². The van der Waals surface area contributed by atoms with E-state index in [1.54, 1.807) is 66.7 Å². The summed E-state index contributed by atoms with van der Waals surface area (Å²) >= 11 is 0. The summed E-state index contributed by atoms with van der Waals surface area (Å²) in [4.78, 5) is 39.0. The standard InChI is InChI=1S/C25H23N3O5S/c1-27(2)34(32,33)22-10-6-3-7-19(22)15-26-23(29)18-13-11-17(12-14-18)16-28-24(30)20-8-4-5-9-21(20)25(28)31/h3-14H,15-16H2,1-2H3,(H,26,29). The van der Waals surface area contributed by atoms with Gasteiger partial charge in [0.05, 0.1) is 22.6 Å². The van der Waals surface area contributed by atoms with Crippen molar-refractivity contribution < 1.29 is 22.8 Å². The van der Waals surface area contributed by atoms with Gasteiger partial charge in [0.1, 0.15) is 0 Å². The average molecular weight is 478 g/mol. The molecule has 1 aliphatic heterocycles. The third-order valence-corrected chi connectivity index (χ3v) is 7.52. The second-order valence-electron chi connectivity index (χ2n) is 8.02. The Bertz CT molecular complexity index is 1350. The molecule has 0 aromatic heterocycles. The van der Waals surface area contributed by atoms with Crippen LogP contribution in [0.5, 0.6) is 0 Å². The molecule has 3 amide bonds. The average Bonchev–Trinajstić information content (AvgIpc) is 3.08. The summed E-state index contributed by atoms with van der Waals surface area (Å²) < 4.78 is 26.2. The van der Waals surface area contributed by atoms with Crippen LogP contribution in [0.15, 0.2) is 77.7 Å². The van der Waals surface area contributed by atoms with Crippen molar-refractivity contribution in [2.75, 3.05) is 14.1 Å². The minimum atomic E-state index is -3.64. The molecule has 0 spiro atoms. The predicted octanol–water partition coefficient (Wildman–Crippen LogP) is 2.66. The van der Waals surface area contributed by atoms with Crippen LogP contribution in [0.1, 0.15) is 42.2 Å². The maximum atomic E-state index is 12.6. The van der Waals surface area contributed by atoms with Gasteiger partial charge in [0.25, 0.3) is 17.7 Å². The van der Waals surface area contributed by atoms with Gasteiger partial charge >= 0.3 is 0 Å². The lowest BCUT2D eigenvalue weighted by Crippen LogP contribution is -2.29. The van der Waals surface area contributed by atoms with Crippen LogP contribution in [0.3, 0.4) is 0 Å². The molecule has 3 aromatic rings. The van der Waals surface area contributed by atoms with Crippen LogP contribution in [0.4, 0.5) is 0 Å². The number of amides is 3. The van der Waals surface area contributed by atoms with Gasteiger partial charge in [-0.1, -0.05) is 42.5 Å². The van der Waals surface area contributed by atoms with E-state index in [1.165, 1.54) is 25.1 Å². The number of benzene rings is 3. The topological polar surface area (TPSA) is 104 Å². The molecule has 1 aliphatic rings. The third-order valence-electron chi connectivity index (χ3n) is 5.61. The maximum absolute atomic E-state index is 12.6. The molecule has 0 saturated carbocycles. The molecule has 0 atom stereocenters. The molecule has 0 aliphatic carbocycles. The molecular formula is C25H23N3O5S. The normalized spacial score (nSPS) is 13.3. The molecule has 0 unspecified atom stereocenters. The molecule has 0 saturated heterocycles. The Morgan fingerprint density at radius 2 is 1.41 bits per heavy atom. The molecular weight excluding hydrogens is 454 g/mol. The van der Waals surface area contributed by atoms with Gasteiger partial charge in [0.2, 0.25) is 10.0 Å². The fraction of sp³-hybridized carbons (Fsp3) is 0.160. The Morgan fingerprint density at radius 3 is 2.00 bits per heavy atom. The monoisotopic (exact) mass is 477 g/mol. The van der Waals surface area contributed by atoms with Crippen LogP contribution in [-0.4, -0.2) is 49.4 Å². The zero-order chi connectivity index (χ0) is 24.5. The van der Waals surface area contributed by atoms with Crippen molar-refractivity contribution in [2.45, 2.75) is 18.0 Å². The fourth-order valence-corrected chi connectivity index (χ4v) is 4.82. The maximum Gasteiger partial charge on any atom is 0.261 e. The second-order valence-corrected chi connectivity index (χ2v) is 10.1. The van der Waals surface area contributed by atoms with Crippen molar-refractivity contribution in [3.8, 4) is 0 Å². The van der Waals surface area contributed by atoms with Crippen LogP contribution in [0.2, 0.25) is 0 Å². The highest BCUT2D eigenvalue weighted by molar-refractivity contribution is 7.89. The van der Waals surface area contributed by atoms with Crippen molar-refractivity contribution in [1.29, 1.82) is 0 Å². The van der Waals surface area contributed by atoms with Gasteiger partial charge in [-0.05, 0) is 41.5 Å². The number of carbonyl (C=O) groups is 3. The molecule has 1 N–H and O–H groups in total. The Morgan fingerprint density at radius 1 is 0.853 bits per heavy atom. The Kier molecular flexibility index (Phi) is 6.32. The zero-order valence-electron chi connectivity index (χ0n) is 18.7. The number of carbonyl (C=O) groups excluding carboxylic acids is 3. The largest absolute Gasteiger partial charge is 0.348 e. The Labute approximate surface area is 197 Å². The number of sulfonamides is 1. The molecule has 174 valence electrons. The van der Waals surface area contributed by atoms with E-state index in [4.69, 9.17) is 0 Å². The van der Waals surface area contributed by atoms with Crippen LogP contribution >= 0.6 is 0 Å². The van der Waals surface area contributed by atoms with E-state index in [9.17, 15) is 22.8 Å². The van der Waals surface area contributed by atoms with Crippen LogP contribution in [0, 0.1) is 0 Å². The molecule has 0 bridgehead atoms. The molecule has 9 heteroatoms. The van der Waals surface area contributed by atoms with Gasteiger partial charge in [-0.2, -0.15) is 0 Å². The number of fused-ring (bicyclic) bond motifs is 1. The third kappa shape index (κ3) is 4.35. The zero-order valence-corrected chi connectivity index (χ0v) is 19.5. The summed E-state index contributed by atoms with van der Waals surface area (Å²) in [7, 11) is -0.739. The lowest BCUT2D eigenvalue weighted by atomic mass is 10.1. The van der Waals surface area contributed by atoms with Gasteiger partial charge in [-0.25, -0.2) is 12.7 Å². The smallest absolute Gasteiger partial charge is 0.261 e. The highest BCUT2D eigenvalue weighted by atomic mass is 32.2. The molecule has 34 heavy (non-hydrogen) atoms. The summed E-state index contributed by atoms with van der Waals surface area (Å²) in [5, 5.41) is 2.74. The number of hydrogen-bond acceptors (Lipinski definition) is 5. The molecule has 4 rings (SSSR count). The van der Waals surface area contributed by atoms with Gasteiger partial charge in [-0.15, -0.1) is 0 Å². The number of rotatable bonds is 7. The second kappa shape index (κ2) is 9.20. The number of imide groups is 1. The lowest BCUT2D eigenvalue weighted by molar-refractivity contribution is 0.0641. The van der Waals surface area contributed by atoms with Gasteiger partial charge in [-0.3, -0.25) is 19.3 Å². The van der Waals surface area contributed by atoms with Crippen molar-refractivity contribution in [3.05, 3.63) is 101 Å². The summed E-state index contributed by atoms with van der Waals surface area (Å²) in [5.74, 6) is -1.05. The number of nitrogens with one attached hydrogen (secondary N) is 1. The van der Waals surface area contributed by atoms with Gasteiger partial charge in [0, 0.05) is 26.2 Å². The molecule has 0 radical (unpaired) electrons. The predicted molar refractivity (Wildman–Crippen MR) is 126 cm³/mol. The van der Waals surface area contributed by atoms with Crippen molar-refractivity contribution >= 4 is 27.7 Å². The summed E-state index contributed by atoms with van der Waals surface area (Å²) in [6.45, 7) is 0.142. The highest BCUT2D eigenvalue weighted by Gasteiger charge is 2.34. The first-order valence-electron chi connectivity index (χ1n) is 10.5. The Hall–Kier alpha value is -3.82. The first kappa shape index (κ1) is 23.3. The van der Waals surface area contributed by atoms with E-state index < -0.39 is 10.0 Å². The highest BCUT2D eigenvalue weighted by Crippen LogP contribution is 2.24. The Balaban J connectivity index is 1.43. The van der Waals surface area contributed by atoms with E-state index in [0.29, 0.717) is 27.8 Å². The number of nitrogens with zero attached hydrogens (tertiary/aromatic N) is 2. The molecule has 3 aromatic carbocycles. The molecule has 1 heterocycles. The summed E-state index contributed by atoms with van der Waals surface area (Å²) in [6.07, 6.45) is 0. The SMILES string of the molecule is CN(C)S(=O)(=O)c1ccccc1CNC(=O)c1ccc(CN2C(=O)c3ccccc3C2=O)cc1. The number of hydrogen-bond donors (Lipinski definition) is 1. The van der Waals surface area contributed by atoms with Crippen LogP contribution in [0.25, 0.3) is 0 Å². The van der Waals surface area contributed by atoms with E-state index >= 15 is 0 Å². The van der Waals surface area contributed by atoms with E-state index in [2.05, 4.69) is 5.32 Å². The lowest BCUT2D eigenvalue weighted by Gasteiger charge is -2.16. The molecule has 0 fully saturated rings. The van der Waals surface area contributed by atoms with Crippen molar-refractivity contribution in [2.24, 2.45) is 0 Å². The summed E-state index contributed by atoms with van der Waals surface area (Å²) in [6, 6.07) is 19.8. The quantitative estimate of drug-likeness (QED) is 0.527. The first-order chi connectivity index (χ1) is 16.2. The fourth-order valence-electron chi connectivity index (χ4n) is 3.70.